The van der Waals surface area contributed by atoms with E-state index in [0.717, 1.165) is 5.75 Å². The van der Waals surface area contributed by atoms with Gasteiger partial charge in [0, 0.05) is 12.3 Å². The molecule has 0 aliphatic rings. The molecule has 1 amide bonds. The lowest BCUT2D eigenvalue weighted by atomic mass is 10.6. The first-order chi connectivity index (χ1) is 6.81. The van der Waals surface area contributed by atoms with Crippen molar-refractivity contribution in [3.8, 4) is 0 Å². The van der Waals surface area contributed by atoms with Gasteiger partial charge in [-0.15, -0.1) is 18.3 Å². The summed E-state index contributed by atoms with van der Waals surface area (Å²) < 4.78 is 4.97. The van der Waals surface area contributed by atoms with Gasteiger partial charge in [-0.1, -0.05) is 6.08 Å². The van der Waals surface area contributed by atoms with Crippen LogP contribution in [-0.4, -0.2) is 48.9 Å². The fraction of sp³-hybridized carbons (Fsp3) is 0.667. The normalized spacial score (nSPS) is 9.79. The van der Waals surface area contributed by atoms with E-state index < -0.39 is 0 Å². The van der Waals surface area contributed by atoms with E-state index in [0.29, 0.717) is 25.5 Å². The first kappa shape index (κ1) is 13.5. The Bertz CT molecular complexity index is 164. The minimum atomic E-state index is 0.00412. The maximum atomic E-state index is 11.1. The van der Waals surface area contributed by atoms with Crippen molar-refractivity contribution >= 4 is 17.7 Å². The predicted molar refractivity (Wildman–Crippen MR) is 58.4 cm³/mol. The molecule has 0 aromatic rings. The molecule has 2 N–H and O–H groups in total. The van der Waals surface area contributed by atoms with Crippen molar-refractivity contribution in [1.29, 1.82) is 0 Å². The van der Waals surface area contributed by atoms with E-state index in [1.54, 1.807) is 6.08 Å². The second kappa shape index (κ2) is 10.6. The summed E-state index contributed by atoms with van der Waals surface area (Å²) >= 11 is 1.52. The Morgan fingerprint density at radius 3 is 3.00 bits per heavy atom. The van der Waals surface area contributed by atoms with Gasteiger partial charge in [0.25, 0.3) is 0 Å². The highest BCUT2D eigenvalue weighted by Gasteiger charge is 1.98. The van der Waals surface area contributed by atoms with E-state index in [9.17, 15) is 4.79 Å². The fourth-order valence-electron chi connectivity index (χ4n) is 0.715. The molecule has 0 radical (unpaired) electrons. The zero-order chi connectivity index (χ0) is 10.6. The zero-order valence-electron chi connectivity index (χ0n) is 8.20. The molecule has 0 unspecified atom stereocenters. The number of ether oxygens (including phenoxy) is 1. The molecule has 0 aliphatic heterocycles. The van der Waals surface area contributed by atoms with Crippen LogP contribution in [0.1, 0.15) is 0 Å². The highest BCUT2D eigenvalue weighted by atomic mass is 32.2. The third-order valence-corrected chi connectivity index (χ3v) is 2.21. The molecule has 5 heteroatoms. The second-order valence-corrected chi connectivity index (χ2v) is 3.52. The van der Waals surface area contributed by atoms with Crippen LogP contribution in [0.4, 0.5) is 0 Å². The number of thioether (sulfide) groups is 1. The van der Waals surface area contributed by atoms with Crippen LogP contribution in [0.15, 0.2) is 12.7 Å². The molecule has 0 aromatic heterocycles. The lowest BCUT2D eigenvalue weighted by molar-refractivity contribution is -0.118. The summed E-state index contributed by atoms with van der Waals surface area (Å²) in [4.78, 5) is 11.1. The zero-order valence-corrected chi connectivity index (χ0v) is 9.02. The van der Waals surface area contributed by atoms with Crippen LogP contribution in [0.3, 0.4) is 0 Å². The van der Waals surface area contributed by atoms with Crippen LogP contribution in [0.5, 0.6) is 0 Å². The van der Waals surface area contributed by atoms with Gasteiger partial charge in [-0.3, -0.25) is 4.79 Å². The molecular formula is C9H17NO3S. The van der Waals surface area contributed by atoms with Crippen molar-refractivity contribution in [3.63, 3.8) is 0 Å². The minimum Gasteiger partial charge on any atom is -0.394 e. The van der Waals surface area contributed by atoms with Crippen LogP contribution in [0.2, 0.25) is 0 Å². The molecule has 0 rings (SSSR count). The number of aliphatic hydroxyl groups is 1. The summed E-state index contributed by atoms with van der Waals surface area (Å²) in [5, 5.41) is 11.1. The molecule has 0 aromatic carbocycles. The Morgan fingerprint density at radius 2 is 2.36 bits per heavy atom. The van der Waals surface area contributed by atoms with Gasteiger partial charge in [0.2, 0.25) is 5.91 Å². The smallest absolute Gasteiger partial charge is 0.230 e. The predicted octanol–water partition coefficient (Wildman–Crippen LogP) is 0.0307. The van der Waals surface area contributed by atoms with Crippen molar-refractivity contribution in [2.45, 2.75) is 0 Å². The van der Waals surface area contributed by atoms with Crippen LogP contribution in [-0.2, 0) is 9.53 Å². The molecular weight excluding hydrogens is 202 g/mol. The van der Waals surface area contributed by atoms with Crippen LogP contribution < -0.4 is 5.32 Å². The van der Waals surface area contributed by atoms with Gasteiger partial charge in [-0.25, -0.2) is 0 Å². The number of amides is 1. The van der Waals surface area contributed by atoms with Gasteiger partial charge in [-0.2, -0.15) is 0 Å². The van der Waals surface area contributed by atoms with Crippen molar-refractivity contribution in [2.75, 3.05) is 37.9 Å². The summed E-state index contributed by atoms with van der Waals surface area (Å²) in [5.41, 5.74) is 0. The monoisotopic (exact) mass is 219 g/mol. The van der Waals surface area contributed by atoms with Gasteiger partial charge in [0.15, 0.2) is 0 Å². The molecule has 82 valence electrons. The van der Waals surface area contributed by atoms with Gasteiger partial charge >= 0.3 is 0 Å². The van der Waals surface area contributed by atoms with Gasteiger partial charge in [0.1, 0.15) is 0 Å². The van der Waals surface area contributed by atoms with E-state index in [2.05, 4.69) is 11.9 Å². The molecule has 0 fully saturated rings. The summed E-state index contributed by atoms with van der Waals surface area (Å²) in [6.45, 7) is 4.83. The van der Waals surface area contributed by atoms with E-state index in [-0.39, 0.29) is 12.5 Å². The van der Waals surface area contributed by atoms with Crippen molar-refractivity contribution < 1.29 is 14.6 Å². The number of hydrogen-bond donors (Lipinski definition) is 2. The topological polar surface area (TPSA) is 58.6 Å². The molecule has 0 spiro atoms. The maximum absolute atomic E-state index is 11.1. The SMILES string of the molecule is C=CCSCC(=O)NCCOCCO. The number of aliphatic hydroxyl groups excluding tert-OH is 1. The molecule has 0 heterocycles. The second-order valence-electron chi connectivity index (χ2n) is 2.49. The van der Waals surface area contributed by atoms with E-state index in [1.165, 1.54) is 11.8 Å². The first-order valence-electron chi connectivity index (χ1n) is 4.45. The summed E-state index contributed by atoms with van der Waals surface area (Å²) in [6.07, 6.45) is 1.77. The Hall–Kier alpha value is -0.520. The van der Waals surface area contributed by atoms with Crippen molar-refractivity contribution in [2.24, 2.45) is 0 Å². The van der Waals surface area contributed by atoms with Gasteiger partial charge in [-0.05, 0) is 0 Å². The number of hydrogen-bond acceptors (Lipinski definition) is 4. The number of carbonyl (C=O) groups excluding carboxylic acids is 1. The van der Waals surface area contributed by atoms with Crippen LogP contribution in [0.25, 0.3) is 0 Å². The van der Waals surface area contributed by atoms with Crippen LogP contribution >= 0.6 is 11.8 Å². The number of rotatable bonds is 9. The molecule has 0 bridgehead atoms. The van der Waals surface area contributed by atoms with E-state index >= 15 is 0 Å². The molecule has 4 nitrogen and oxygen atoms in total. The third kappa shape index (κ3) is 9.57. The van der Waals surface area contributed by atoms with Crippen LogP contribution in [0, 0.1) is 0 Å². The summed E-state index contributed by atoms with van der Waals surface area (Å²) in [5.74, 6) is 1.24. The maximum Gasteiger partial charge on any atom is 0.230 e. The summed E-state index contributed by atoms with van der Waals surface area (Å²) in [6, 6.07) is 0. The Balaban J connectivity index is 3.14. The summed E-state index contributed by atoms with van der Waals surface area (Å²) in [7, 11) is 0. The lowest BCUT2D eigenvalue weighted by Crippen LogP contribution is -2.29. The largest absolute Gasteiger partial charge is 0.394 e. The average molecular weight is 219 g/mol. The van der Waals surface area contributed by atoms with Gasteiger partial charge < -0.3 is 15.2 Å². The quantitative estimate of drug-likeness (QED) is 0.424. The standard InChI is InChI=1S/C9H17NO3S/c1-2-7-14-8-9(12)10-3-5-13-6-4-11/h2,11H,1,3-8H2,(H,10,12). The molecule has 14 heavy (non-hydrogen) atoms. The molecule has 0 aliphatic carbocycles. The number of nitrogens with one attached hydrogen (secondary N) is 1. The van der Waals surface area contributed by atoms with Gasteiger partial charge in [0.05, 0.1) is 25.6 Å². The highest BCUT2D eigenvalue weighted by molar-refractivity contribution is 8.00. The first-order valence-corrected chi connectivity index (χ1v) is 5.60. The Morgan fingerprint density at radius 1 is 1.57 bits per heavy atom. The number of carbonyl (C=O) groups is 1. The Kier molecular flexibility index (Phi) is 10.2. The minimum absolute atomic E-state index is 0.00412. The van der Waals surface area contributed by atoms with E-state index in [1.807, 2.05) is 0 Å². The lowest BCUT2D eigenvalue weighted by Gasteiger charge is -2.04. The molecule has 0 atom stereocenters. The average Bonchev–Trinajstić information content (AvgIpc) is 2.18. The molecule has 0 saturated carbocycles. The third-order valence-electron chi connectivity index (χ3n) is 1.27. The van der Waals surface area contributed by atoms with E-state index in [4.69, 9.17) is 9.84 Å². The fourth-order valence-corrected chi connectivity index (χ4v) is 1.29. The Labute approximate surface area is 88.7 Å². The molecule has 0 saturated heterocycles. The van der Waals surface area contributed by atoms with Crippen molar-refractivity contribution in [3.05, 3.63) is 12.7 Å². The van der Waals surface area contributed by atoms with Crippen molar-refractivity contribution in [1.82, 2.24) is 5.32 Å². The highest BCUT2D eigenvalue weighted by Crippen LogP contribution is 1.97.